The molecule has 0 unspecified atom stereocenters. The highest BCUT2D eigenvalue weighted by molar-refractivity contribution is 5.87. The molecule has 0 aromatic carbocycles. The van der Waals surface area contributed by atoms with Crippen LogP contribution in [-0.2, 0) is 4.79 Å². The highest BCUT2D eigenvalue weighted by atomic mass is 16.5. The number of hydrogen-bond donors (Lipinski definition) is 1. The Balaban J connectivity index is 1.43. The second kappa shape index (κ2) is 6.37. The number of nitrogens with one attached hydrogen (secondary N) is 1. The monoisotopic (exact) mass is 329 g/mol. The van der Waals surface area contributed by atoms with Crippen molar-refractivity contribution in [2.75, 3.05) is 18.4 Å². The lowest BCUT2D eigenvalue weighted by Gasteiger charge is -2.29. The number of likely N-dealkylation sites (tertiary alicyclic amines) is 1. The third-order valence-electron chi connectivity index (χ3n) is 5.23. The summed E-state index contributed by atoms with van der Waals surface area (Å²) in [5.41, 5.74) is 1.29. The summed E-state index contributed by atoms with van der Waals surface area (Å²) in [6.07, 6.45) is 7.83. The van der Waals surface area contributed by atoms with Crippen LogP contribution in [0.25, 0.3) is 11.1 Å². The Morgan fingerprint density at radius 2 is 2.08 bits per heavy atom. The van der Waals surface area contributed by atoms with Gasteiger partial charge in [-0.2, -0.15) is 4.98 Å². The van der Waals surface area contributed by atoms with Crippen molar-refractivity contribution in [1.82, 2.24) is 20.0 Å². The average Bonchev–Trinajstić information content (AvgIpc) is 3.23. The minimum Gasteiger partial charge on any atom is -0.367 e. The Morgan fingerprint density at radius 3 is 2.92 bits per heavy atom. The number of rotatable bonds is 3. The van der Waals surface area contributed by atoms with Crippen molar-refractivity contribution >= 4 is 22.8 Å². The Bertz CT molecular complexity index is 738. The summed E-state index contributed by atoms with van der Waals surface area (Å²) in [6, 6.07) is 0.260. The second-order valence-corrected chi connectivity index (χ2v) is 6.91. The number of hydrogen-bond acceptors (Lipinski definition) is 6. The van der Waals surface area contributed by atoms with Crippen molar-refractivity contribution in [2.45, 2.75) is 51.5 Å². The molecule has 0 spiro atoms. The second-order valence-electron chi connectivity index (χ2n) is 6.91. The molecule has 2 fully saturated rings. The molecule has 1 N–H and O–H groups in total. The standard InChI is InChI=1S/C17H23N5O2/c1-11-14-15(18-10-19-16(14)24-21-11)20-13-6-5-12(9-13)17(23)22-7-3-2-4-8-22/h10,12-13H,2-9H2,1H3,(H,18,19,20)/t12-,13+/m1/s1. The zero-order chi connectivity index (χ0) is 16.5. The molecule has 2 aromatic heterocycles. The number of fused-ring (bicyclic) bond motifs is 1. The molecular formula is C17H23N5O2. The predicted molar refractivity (Wildman–Crippen MR) is 89.5 cm³/mol. The fourth-order valence-corrected chi connectivity index (χ4v) is 3.93. The maximum absolute atomic E-state index is 12.7. The number of nitrogens with zero attached hydrogens (tertiary/aromatic N) is 4. The molecule has 2 atom stereocenters. The molecule has 7 nitrogen and oxygen atoms in total. The maximum atomic E-state index is 12.7. The van der Waals surface area contributed by atoms with Crippen molar-refractivity contribution in [3.63, 3.8) is 0 Å². The van der Waals surface area contributed by atoms with Crippen molar-refractivity contribution in [2.24, 2.45) is 5.92 Å². The molecular weight excluding hydrogens is 306 g/mol. The minimum atomic E-state index is 0.140. The van der Waals surface area contributed by atoms with Crippen LogP contribution in [0.5, 0.6) is 0 Å². The van der Waals surface area contributed by atoms with Crippen molar-refractivity contribution < 1.29 is 9.32 Å². The number of aryl methyl sites for hydroxylation is 1. The van der Waals surface area contributed by atoms with Crippen LogP contribution < -0.4 is 5.32 Å². The Labute approximate surface area is 140 Å². The molecule has 0 radical (unpaired) electrons. The van der Waals surface area contributed by atoms with Crippen LogP contribution in [0.1, 0.15) is 44.2 Å². The first-order chi connectivity index (χ1) is 11.7. The lowest BCUT2D eigenvalue weighted by molar-refractivity contribution is -0.136. The summed E-state index contributed by atoms with van der Waals surface area (Å²) in [4.78, 5) is 23.2. The largest absolute Gasteiger partial charge is 0.367 e. The van der Waals surface area contributed by atoms with Crippen molar-refractivity contribution in [3.8, 4) is 0 Å². The van der Waals surface area contributed by atoms with Crippen molar-refractivity contribution in [1.29, 1.82) is 0 Å². The van der Waals surface area contributed by atoms with Gasteiger partial charge in [0, 0.05) is 25.0 Å². The van der Waals surface area contributed by atoms with Gasteiger partial charge in [-0.1, -0.05) is 5.16 Å². The number of anilines is 1. The summed E-state index contributed by atoms with van der Waals surface area (Å²) >= 11 is 0. The van der Waals surface area contributed by atoms with Gasteiger partial charge in [-0.3, -0.25) is 4.79 Å². The zero-order valence-corrected chi connectivity index (χ0v) is 14.0. The van der Waals surface area contributed by atoms with E-state index in [1.165, 1.54) is 12.7 Å². The summed E-state index contributed by atoms with van der Waals surface area (Å²) in [6.45, 7) is 3.75. The van der Waals surface area contributed by atoms with Gasteiger partial charge in [0.25, 0.3) is 5.71 Å². The topological polar surface area (TPSA) is 84.1 Å². The molecule has 1 amide bonds. The Morgan fingerprint density at radius 1 is 1.25 bits per heavy atom. The summed E-state index contributed by atoms with van der Waals surface area (Å²) in [5, 5.41) is 8.27. The molecule has 24 heavy (non-hydrogen) atoms. The molecule has 0 bridgehead atoms. The molecule has 2 aliphatic rings. The first kappa shape index (κ1) is 15.4. The van der Waals surface area contributed by atoms with Crippen LogP contribution in [0.2, 0.25) is 0 Å². The van der Waals surface area contributed by atoms with Gasteiger partial charge >= 0.3 is 0 Å². The maximum Gasteiger partial charge on any atom is 0.263 e. The lowest BCUT2D eigenvalue weighted by Crippen LogP contribution is -2.39. The lowest BCUT2D eigenvalue weighted by atomic mass is 10.0. The van der Waals surface area contributed by atoms with Crippen LogP contribution in [0.3, 0.4) is 0 Å². The van der Waals surface area contributed by atoms with E-state index in [9.17, 15) is 4.79 Å². The van der Waals surface area contributed by atoms with Gasteiger partial charge in [0.05, 0.1) is 5.69 Å². The molecule has 1 aliphatic carbocycles. The van der Waals surface area contributed by atoms with Gasteiger partial charge in [-0.05, 0) is 45.4 Å². The van der Waals surface area contributed by atoms with E-state index < -0.39 is 0 Å². The smallest absolute Gasteiger partial charge is 0.263 e. The van der Waals surface area contributed by atoms with E-state index in [1.54, 1.807) is 0 Å². The normalized spacial score (nSPS) is 24.5. The third-order valence-corrected chi connectivity index (χ3v) is 5.23. The first-order valence-corrected chi connectivity index (χ1v) is 8.84. The number of aromatic nitrogens is 3. The van der Waals surface area contributed by atoms with E-state index >= 15 is 0 Å². The molecule has 128 valence electrons. The zero-order valence-electron chi connectivity index (χ0n) is 14.0. The number of amides is 1. The fourth-order valence-electron chi connectivity index (χ4n) is 3.93. The van der Waals surface area contributed by atoms with Gasteiger partial charge in [0.1, 0.15) is 17.5 Å². The van der Waals surface area contributed by atoms with Gasteiger partial charge in [-0.15, -0.1) is 0 Å². The molecule has 2 aromatic rings. The van der Waals surface area contributed by atoms with Gasteiger partial charge < -0.3 is 14.7 Å². The van der Waals surface area contributed by atoms with E-state index in [0.29, 0.717) is 11.6 Å². The molecule has 1 saturated carbocycles. The van der Waals surface area contributed by atoms with E-state index in [-0.39, 0.29) is 12.0 Å². The molecule has 1 aliphatic heterocycles. The minimum absolute atomic E-state index is 0.140. The highest BCUT2D eigenvalue weighted by Crippen LogP contribution is 2.32. The third kappa shape index (κ3) is 2.83. The molecule has 3 heterocycles. The Hall–Kier alpha value is -2.18. The SMILES string of the molecule is Cc1noc2ncnc(N[C@H]3CC[C@@H](C(=O)N4CCCCC4)C3)c12. The molecule has 7 heteroatoms. The van der Waals surface area contributed by atoms with Crippen molar-refractivity contribution in [3.05, 3.63) is 12.0 Å². The summed E-state index contributed by atoms with van der Waals surface area (Å²) in [7, 11) is 0. The summed E-state index contributed by atoms with van der Waals surface area (Å²) < 4.78 is 5.19. The van der Waals surface area contributed by atoms with E-state index in [0.717, 1.165) is 62.1 Å². The number of piperidine rings is 1. The van der Waals surface area contributed by atoms with Crippen LogP contribution in [0.4, 0.5) is 5.82 Å². The van der Waals surface area contributed by atoms with Crippen LogP contribution >= 0.6 is 0 Å². The predicted octanol–water partition coefficient (Wildman–Crippen LogP) is 2.52. The Kier molecular flexibility index (Phi) is 4.08. The van der Waals surface area contributed by atoms with Gasteiger partial charge in [0.2, 0.25) is 5.91 Å². The van der Waals surface area contributed by atoms with E-state index in [2.05, 4.69) is 25.3 Å². The van der Waals surface area contributed by atoms with Gasteiger partial charge in [0.15, 0.2) is 0 Å². The average molecular weight is 329 g/mol. The van der Waals surface area contributed by atoms with Crippen LogP contribution in [0, 0.1) is 12.8 Å². The van der Waals surface area contributed by atoms with Crippen LogP contribution in [-0.4, -0.2) is 45.1 Å². The molecule has 1 saturated heterocycles. The van der Waals surface area contributed by atoms with Gasteiger partial charge in [-0.25, -0.2) is 4.98 Å². The quantitative estimate of drug-likeness (QED) is 0.931. The number of carbonyl (C=O) groups excluding carboxylic acids is 1. The van der Waals surface area contributed by atoms with E-state index in [1.807, 2.05) is 6.92 Å². The fraction of sp³-hybridized carbons (Fsp3) is 0.647. The molecule has 4 rings (SSSR count). The van der Waals surface area contributed by atoms with Crippen LogP contribution in [0.15, 0.2) is 10.9 Å². The highest BCUT2D eigenvalue weighted by Gasteiger charge is 2.33. The first-order valence-electron chi connectivity index (χ1n) is 8.84. The van der Waals surface area contributed by atoms with E-state index in [4.69, 9.17) is 4.52 Å². The summed E-state index contributed by atoms with van der Waals surface area (Å²) in [5.74, 6) is 1.24. The number of carbonyl (C=O) groups is 1.